The standard InChI is InChI=1S/C19H20N2O5S/c1-27(23,24)18-8-2-5-15(11-18)20-19(22)14-21(12-16-6-3-9-25-16)13-17-7-4-10-26-17/h2-11H,12-14H2,1H3,(H,20,22)/p+1. The van der Waals surface area contributed by atoms with Gasteiger partial charge in [-0.25, -0.2) is 8.42 Å². The summed E-state index contributed by atoms with van der Waals surface area (Å²) in [5, 5.41) is 2.76. The quantitative estimate of drug-likeness (QED) is 0.609. The van der Waals surface area contributed by atoms with Gasteiger partial charge in [0, 0.05) is 11.9 Å². The molecule has 0 radical (unpaired) electrons. The van der Waals surface area contributed by atoms with E-state index in [0.717, 1.165) is 22.7 Å². The lowest BCUT2D eigenvalue weighted by molar-refractivity contribution is -0.921. The lowest BCUT2D eigenvalue weighted by Crippen LogP contribution is -3.10. The summed E-state index contributed by atoms with van der Waals surface area (Å²) >= 11 is 0. The molecule has 7 nitrogen and oxygen atoms in total. The molecule has 2 heterocycles. The van der Waals surface area contributed by atoms with Crippen LogP contribution in [0.15, 0.2) is 74.8 Å². The molecule has 27 heavy (non-hydrogen) atoms. The summed E-state index contributed by atoms with van der Waals surface area (Å²) in [6.45, 7) is 1.21. The Balaban J connectivity index is 1.68. The van der Waals surface area contributed by atoms with Gasteiger partial charge < -0.3 is 19.1 Å². The first-order valence-corrected chi connectivity index (χ1v) is 10.3. The lowest BCUT2D eigenvalue weighted by Gasteiger charge is -2.17. The number of quaternary nitrogens is 1. The van der Waals surface area contributed by atoms with E-state index in [9.17, 15) is 13.2 Å². The highest BCUT2D eigenvalue weighted by molar-refractivity contribution is 7.90. The number of benzene rings is 1. The highest BCUT2D eigenvalue weighted by Gasteiger charge is 2.19. The van der Waals surface area contributed by atoms with Crippen LogP contribution in [0.3, 0.4) is 0 Å². The summed E-state index contributed by atoms with van der Waals surface area (Å²) < 4.78 is 34.1. The van der Waals surface area contributed by atoms with Crippen LogP contribution < -0.4 is 10.2 Å². The van der Waals surface area contributed by atoms with Crippen molar-refractivity contribution in [2.24, 2.45) is 0 Å². The summed E-state index contributed by atoms with van der Waals surface area (Å²) in [5.41, 5.74) is 0.443. The Morgan fingerprint density at radius 3 is 2.15 bits per heavy atom. The average molecular weight is 389 g/mol. The smallest absolute Gasteiger partial charge is 0.279 e. The number of rotatable bonds is 8. The van der Waals surface area contributed by atoms with Crippen molar-refractivity contribution in [1.82, 2.24) is 0 Å². The molecule has 0 aliphatic heterocycles. The van der Waals surface area contributed by atoms with E-state index < -0.39 is 9.84 Å². The molecule has 0 saturated heterocycles. The maximum atomic E-state index is 12.5. The van der Waals surface area contributed by atoms with Crippen molar-refractivity contribution in [3.8, 4) is 0 Å². The number of furan rings is 2. The van der Waals surface area contributed by atoms with Gasteiger partial charge in [-0.3, -0.25) is 4.79 Å². The molecule has 3 aromatic rings. The molecule has 142 valence electrons. The Kier molecular flexibility index (Phi) is 5.78. The van der Waals surface area contributed by atoms with Gasteiger partial charge in [-0.05, 0) is 42.5 Å². The molecule has 3 rings (SSSR count). The third kappa shape index (κ3) is 5.57. The molecule has 0 fully saturated rings. The van der Waals surface area contributed by atoms with Gasteiger partial charge in [0.25, 0.3) is 5.91 Å². The fourth-order valence-electron chi connectivity index (χ4n) is 2.74. The molecule has 8 heteroatoms. The molecule has 0 atom stereocenters. The summed E-state index contributed by atoms with van der Waals surface area (Å²) in [5.74, 6) is 1.31. The average Bonchev–Trinajstić information content (AvgIpc) is 3.28. The van der Waals surface area contributed by atoms with Crippen molar-refractivity contribution in [2.45, 2.75) is 18.0 Å². The number of sulfone groups is 1. The minimum Gasteiger partial charge on any atom is -0.463 e. The second-order valence-electron chi connectivity index (χ2n) is 6.29. The van der Waals surface area contributed by atoms with Gasteiger partial charge >= 0.3 is 0 Å². The minimum atomic E-state index is -3.33. The highest BCUT2D eigenvalue weighted by Crippen LogP contribution is 2.15. The van der Waals surface area contributed by atoms with Crippen LogP contribution in [0.2, 0.25) is 0 Å². The first-order valence-electron chi connectivity index (χ1n) is 8.38. The van der Waals surface area contributed by atoms with Crippen molar-refractivity contribution >= 4 is 21.4 Å². The molecule has 0 bridgehead atoms. The van der Waals surface area contributed by atoms with Gasteiger partial charge in [-0.2, -0.15) is 0 Å². The van der Waals surface area contributed by atoms with Crippen molar-refractivity contribution in [2.75, 3.05) is 18.1 Å². The lowest BCUT2D eigenvalue weighted by atomic mass is 10.3. The summed E-state index contributed by atoms with van der Waals surface area (Å²) in [4.78, 5) is 13.6. The van der Waals surface area contributed by atoms with Crippen molar-refractivity contribution in [1.29, 1.82) is 0 Å². The predicted octanol–water partition coefficient (Wildman–Crippen LogP) is 1.50. The number of anilines is 1. The van der Waals surface area contributed by atoms with Gasteiger partial charge in [-0.1, -0.05) is 6.07 Å². The van der Waals surface area contributed by atoms with E-state index in [1.165, 1.54) is 12.1 Å². The second kappa shape index (κ2) is 8.24. The van der Waals surface area contributed by atoms with Gasteiger partial charge in [0.05, 0.1) is 17.4 Å². The summed E-state index contributed by atoms with van der Waals surface area (Å²) in [6, 6.07) is 13.5. The van der Waals surface area contributed by atoms with Crippen LogP contribution in [0.4, 0.5) is 5.69 Å². The van der Waals surface area contributed by atoms with Crippen LogP contribution in [0.5, 0.6) is 0 Å². The molecule has 1 aromatic carbocycles. The van der Waals surface area contributed by atoms with Crippen molar-refractivity contribution < 1.29 is 26.9 Å². The normalized spacial score (nSPS) is 11.6. The monoisotopic (exact) mass is 389 g/mol. The zero-order valence-corrected chi connectivity index (χ0v) is 15.7. The largest absolute Gasteiger partial charge is 0.463 e. The van der Waals surface area contributed by atoms with E-state index >= 15 is 0 Å². The zero-order chi connectivity index (χ0) is 19.3. The van der Waals surface area contributed by atoms with E-state index in [-0.39, 0.29) is 17.3 Å². The van der Waals surface area contributed by atoms with Crippen LogP contribution in [-0.2, 0) is 27.7 Å². The predicted molar refractivity (Wildman–Crippen MR) is 98.8 cm³/mol. The maximum absolute atomic E-state index is 12.5. The molecular weight excluding hydrogens is 368 g/mol. The molecule has 2 aromatic heterocycles. The number of nitrogens with one attached hydrogen (secondary N) is 2. The third-order valence-corrected chi connectivity index (χ3v) is 5.08. The molecule has 0 aliphatic rings. The minimum absolute atomic E-state index is 0.163. The number of hydrogen-bond donors (Lipinski definition) is 2. The van der Waals surface area contributed by atoms with Crippen LogP contribution in [0, 0.1) is 0 Å². The first-order chi connectivity index (χ1) is 12.9. The summed E-state index contributed by atoms with van der Waals surface area (Å²) in [7, 11) is -3.33. The van der Waals surface area contributed by atoms with E-state index in [1.807, 2.05) is 12.1 Å². The summed E-state index contributed by atoms with van der Waals surface area (Å²) in [6.07, 6.45) is 4.32. The number of carbonyl (C=O) groups excluding carboxylic acids is 1. The van der Waals surface area contributed by atoms with Crippen molar-refractivity contribution in [3.63, 3.8) is 0 Å². The fraction of sp³-hybridized carbons (Fsp3) is 0.211. The topological polar surface area (TPSA) is 94.0 Å². The van der Waals surface area contributed by atoms with Gasteiger partial charge in [0.1, 0.15) is 13.1 Å². The fourth-order valence-corrected chi connectivity index (χ4v) is 3.41. The van der Waals surface area contributed by atoms with Gasteiger partial charge in [-0.15, -0.1) is 0 Å². The molecule has 0 spiro atoms. The Hall–Kier alpha value is -2.84. The molecule has 0 saturated carbocycles. The maximum Gasteiger partial charge on any atom is 0.279 e. The van der Waals surface area contributed by atoms with Crippen LogP contribution >= 0.6 is 0 Å². The van der Waals surface area contributed by atoms with Gasteiger partial charge in [0.15, 0.2) is 27.9 Å². The Bertz CT molecular complexity index is 943. The number of amides is 1. The number of hydrogen-bond acceptors (Lipinski definition) is 5. The second-order valence-corrected chi connectivity index (χ2v) is 8.30. The SMILES string of the molecule is CS(=O)(=O)c1cccc(NC(=O)C[NH+](Cc2ccco2)Cc2ccco2)c1. The molecule has 0 unspecified atom stereocenters. The van der Waals surface area contributed by atoms with Gasteiger partial charge in [0.2, 0.25) is 0 Å². The molecular formula is C19H21N2O5S+. The Morgan fingerprint density at radius 2 is 1.63 bits per heavy atom. The van der Waals surface area contributed by atoms with Crippen molar-refractivity contribution in [3.05, 3.63) is 72.6 Å². The molecule has 1 amide bonds. The Morgan fingerprint density at radius 1 is 1.00 bits per heavy atom. The van der Waals surface area contributed by atoms with E-state index in [1.54, 1.807) is 36.8 Å². The molecule has 0 aliphatic carbocycles. The van der Waals surface area contributed by atoms with Crippen LogP contribution in [0.25, 0.3) is 0 Å². The van der Waals surface area contributed by atoms with E-state index in [2.05, 4.69) is 5.32 Å². The van der Waals surface area contributed by atoms with E-state index in [0.29, 0.717) is 18.8 Å². The Labute approximate surface area is 157 Å². The zero-order valence-electron chi connectivity index (χ0n) is 14.8. The first kappa shape index (κ1) is 18.9. The van der Waals surface area contributed by atoms with Crippen LogP contribution in [0.1, 0.15) is 11.5 Å². The molecule has 2 N–H and O–H groups in total. The highest BCUT2D eigenvalue weighted by atomic mass is 32.2. The van der Waals surface area contributed by atoms with Crippen LogP contribution in [-0.4, -0.2) is 27.1 Å². The third-order valence-electron chi connectivity index (χ3n) is 3.97. The van der Waals surface area contributed by atoms with E-state index in [4.69, 9.17) is 8.83 Å². The number of carbonyl (C=O) groups is 1.